The van der Waals surface area contributed by atoms with Crippen molar-refractivity contribution < 1.29 is 9.94 Å². The summed E-state index contributed by atoms with van der Waals surface area (Å²) in [6.45, 7) is 0.528. The first kappa shape index (κ1) is 12.6. The molecule has 0 aliphatic carbocycles. The monoisotopic (exact) mass is 305 g/mol. The molecule has 2 aromatic carbocycles. The van der Waals surface area contributed by atoms with E-state index in [0.717, 1.165) is 21.3 Å². The van der Waals surface area contributed by atoms with Gasteiger partial charge in [0.25, 0.3) is 0 Å². The van der Waals surface area contributed by atoms with Crippen LogP contribution in [0.15, 0.2) is 58.2 Å². The highest BCUT2D eigenvalue weighted by atomic mass is 79.9. The maximum atomic E-state index is 8.40. The second kappa shape index (κ2) is 6.21. The molecule has 0 atom stereocenters. The van der Waals surface area contributed by atoms with Crippen molar-refractivity contribution >= 4 is 22.1 Å². The number of hydrogen-bond donors (Lipinski definition) is 1. The predicted molar refractivity (Wildman–Crippen MR) is 74.3 cm³/mol. The quantitative estimate of drug-likeness (QED) is 0.530. The average molecular weight is 306 g/mol. The predicted octanol–water partition coefficient (Wildman–Crippen LogP) is 3.84. The molecule has 0 saturated heterocycles. The Hall–Kier alpha value is -1.81. The first-order valence-corrected chi connectivity index (χ1v) is 6.22. The van der Waals surface area contributed by atoms with Gasteiger partial charge in [-0.15, -0.1) is 0 Å². The molecular weight excluding hydrogens is 294 g/mol. The van der Waals surface area contributed by atoms with Crippen LogP contribution < -0.4 is 4.74 Å². The van der Waals surface area contributed by atoms with Crippen molar-refractivity contribution in [1.82, 2.24) is 0 Å². The molecule has 2 aromatic rings. The average Bonchev–Trinajstić information content (AvgIpc) is 2.40. The Bertz CT molecular complexity index is 520. The van der Waals surface area contributed by atoms with E-state index in [1.54, 1.807) is 0 Å². The molecule has 0 fully saturated rings. The van der Waals surface area contributed by atoms with Crippen LogP contribution in [0, 0.1) is 0 Å². The molecule has 0 aliphatic heterocycles. The van der Waals surface area contributed by atoms with Crippen molar-refractivity contribution in [3.63, 3.8) is 0 Å². The van der Waals surface area contributed by atoms with Gasteiger partial charge in [0, 0.05) is 4.47 Å². The maximum absolute atomic E-state index is 8.40. The molecule has 3 nitrogen and oxygen atoms in total. The lowest BCUT2D eigenvalue weighted by atomic mass is 10.2. The number of oxime groups is 1. The van der Waals surface area contributed by atoms with Crippen LogP contribution in [0.25, 0.3) is 0 Å². The van der Waals surface area contributed by atoms with E-state index < -0.39 is 0 Å². The van der Waals surface area contributed by atoms with E-state index in [-0.39, 0.29) is 0 Å². The van der Waals surface area contributed by atoms with Gasteiger partial charge in [0.15, 0.2) is 0 Å². The molecule has 0 bridgehead atoms. The molecule has 0 heterocycles. The third kappa shape index (κ3) is 3.60. The molecule has 0 amide bonds. The van der Waals surface area contributed by atoms with Crippen LogP contribution >= 0.6 is 15.9 Å². The Morgan fingerprint density at radius 2 is 1.72 bits per heavy atom. The molecule has 0 radical (unpaired) electrons. The molecule has 1 N–H and O–H groups in total. The minimum atomic E-state index is 0.528. The van der Waals surface area contributed by atoms with E-state index in [2.05, 4.69) is 21.1 Å². The topological polar surface area (TPSA) is 41.8 Å². The summed E-state index contributed by atoms with van der Waals surface area (Å²) in [4.78, 5) is 0. The number of ether oxygens (including phenoxy) is 1. The van der Waals surface area contributed by atoms with Gasteiger partial charge in [-0.1, -0.05) is 33.2 Å². The minimum absolute atomic E-state index is 0.528. The zero-order chi connectivity index (χ0) is 12.8. The largest absolute Gasteiger partial charge is 0.489 e. The molecule has 18 heavy (non-hydrogen) atoms. The van der Waals surface area contributed by atoms with Crippen molar-refractivity contribution in [1.29, 1.82) is 0 Å². The number of hydrogen-bond acceptors (Lipinski definition) is 3. The van der Waals surface area contributed by atoms with Crippen molar-refractivity contribution in [3.05, 3.63) is 64.1 Å². The summed E-state index contributed by atoms with van der Waals surface area (Å²) in [5, 5.41) is 11.4. The normalized spacial score (nSPS) is 10.7. The van der Waals surface area contributed by atoms with Gasteiger partial charge >= 0.3 is 0 Å². The van der Waals surface area contributed by atoms with Crippen LogP contribution in [-0.2, 0) is 6.61 Å². The second-order valence-electron chi connectivity index (χ2n) is 3.73. The molecule has 0 unspecified atom stereocenters. The number of rotatable bonds is 4. The van der Waals surface area contributed by atoms with Crippen molar-refractivity contribution in [2.24, 2.45) is 5.16 Å². The fourth-order valence-corrected chi connectivity index (χ4v) is 1.73. The van der Waals surface area contributed by atoms with Crippen LogP contribution in [0.5, 0.6) is 5.75 Å². The van der Waals surface area contributed by atoms with Crippen LogP contribution in [-0.4, -0.2) is 11.4 Å². The molecule has 0 aliphatic rings. The van der Waals surface area contributed by atoms with Gasteiger partial charge in [0.2, 0.25) is 0 Å². The maximum Gasteiger partial charge on any atom is 0.119 e. The number of halogens is 1. The van der Waals surface area contributed by atoms with Crippen LogP contribution in [0.3, 0.4) is 0 Å². The lowest BCUT2D eigenvalue weighted by molar-refractivity contribution is 0.306. The molecule has 0 spiro atoms. The summed E-state index contributed by atoms with van der Waals surface area (Å²) in [5.41, 5.74) is 1.94. The lowest BCUT2D eigenvalue weighted by Crippen LogP contribution is -1.95. The van der Waals surface area contributed by atoms with Gasteiger partial charge in [-0.2, -0.15) is 0 Å². The van der Waals surface area contributed by atoms with Gasteiger partial charge in [-0.25, -0.2) is 0 Å². The summed E-state index contributed by atoms with van der Waals surface area (Å²) < 4.78 is 6.70. The summed E-state index contributed by atoms with van der Waals surface area (Å²) in [5.74, 6) is 0.785. The first-order chi connectivity index (χ1) is 8.78. The van der Waals surface area contributed by atoms with Crippen LogP contribution in [0.1, 0.15) is 11.1 Å². The zero-order valence-corrected chi connectivity index (χ0v) is 11.2. The van der Waals surface area contributed by atoms with Crippen molar-refractivity contribution in [3.8, 4) is 5.75 Å². The van der Waals surface area contributed by atoms with Gasteiger partial charge in [0.05, 0.1) is 6.21 Å². The smallest absolute Gasteiger partial charge is 0.119 e. The third-order valence-corrected chi connectivity index (χ3v) is 2.93. The Morgan fingerprint density at radius 1 is 1.06 bits per heavy atom. The Kier molecular flexibility index (Phi) is 4.36. The molecule has 0 aromatic heterocycles. The van der Waals surface area contributed by atoms with E-state index in [9.17, 15) is 0 Å². The van der Waals surface area contributed by atoms with Gasteiger partial charge < -0.3 is 9.94 Å². The van der Waals surface area contributed by atoms with Gasteiger partial charge in [-0.05, 0) is 47.5 Å². The van der Waals surface area contributed by atoms with Crippen molar-refractivity contribution in [2.75, 3.05) is 0 Å². The Labute approximate surface area is 114 Å². The fourth-order valence-electron chi connectivity index (χ4n) is 1.46. The number of benzene rings is 2. The highest BCUT2D eigenvalue weighted by molar-refractivity contribution is 9.10. The van der Waals surface area contributed by atoms with Crippen LogP contribution in [0.2, 0.25) is 0 Å². The summed E-state index contributed by atoms with van der Waals surface area (Å²) in [6.07, 6.45) is 1.37. The molecule has 92 valence electrons. The fraction of sp³-hybridized carbons (Fsp3) is 0.0714. The highest BCUT2D eigenvalue weighted by Crippen LogP contribution is 2.15. The van der Waals surface area contributed by atoms with E-state index >= 15 is 0 Å². The second-order valence-corrected chi connectivity index (χ2v) is 4.64. The summed E-state index contributed by atoms with van der Waals surface area (Å²) >= 11 is 3.39. The van der Waals surface area contributed by atoms with Gasteiger partial charge in [0.1, 0.15) is 12.4 Å². The van der Waals surface area contributed by atoms with E-state index in [0.29, 0.717) is 6.61 Å². The molecule has 0 saturated carbocycles. The van der Waals surface area contributed by atoms with Crippen molar-refractivity contribution in [2.45, 2.75) is 6.61 Å². The van der Waals surface area contributed by atoms with E-state index in [1.807, 2.05) is 48.5 Å². The number of nitrogens with zero attached hydrogens (tertiary/aromatic N) is 1. The Morgan fingerprint density at radius 3 is 2.33 bits per heavy atom. The summed E-state index contributed by atoms with van der Waals surface area (Å²) in [7, 11) is 0. The third-order valence-electron chi connectivity index (χ3n) is 2.41. The molecular formula is C14H12BrNO2. The first-order valence-electron chi connectivity index (χ1n) is 5.42. The molecule has 4 heteroatoms. The Balaban J connectivity index is 1.95. The van der Waals surface area contributed by atoms with E-state index in [4.69, 9.17) is 9.94 Å². The lowest BCUT2D eigenvalue weighted by Gasteiger charge is -2.06. The molecule has 2 rings (SSSR count). The van der Waals surface area contributed by atoms with Crippen LogP contribution in [0.4, 0.5) is 0 Å². The highest BCUT2D eigenvalue weighted by Gasteiger charge is 1.96. The zero-order valence-electron chi connectivity index (χ0n) is 9.58. The minimum Gasteiger partial charge on any atom is -0.489 e. The SMILES string of the molecule is O/N=C\c1ccc(OCc2ccc(Br)cc2)cc1. The van der Waals surface area contributed by atoms with E-state index in [1.165, 1.54) is 6.21 Å². The van der Waals surface area contributed by atoms with Gasteiger partial charge in [-0.3, -0.25) is 0 Å². The summed E-state index contributed by atoms with van der Waals surface area (Å²) in [6, 6.07) is 15.3. The standard InChI is InChI=1S/C14H12BrNO2/c15-13-5-1-12(2-6-13)10-18-14-7-3-11(4-8-14)9-16-17/h1-9,17H,10H2/b16-9-.